The molecule has 0 spiro atoms. The van der Waals surface area contributed by atoms with Crippen molar-refractivity contribution in [2.75, 3.05) is 37.7 Å². The van der Waals surface area contributed by atoms with Crippen molar-refractivity contribution >= 4 is 17.5 Å². The highest BCUT2D eigenvalue weighted by Gasteiger charge is 2.38. The molecular weight excluding hydrogens is 320 g/mol. The van der Waals surface area contributed by atoms with Gasteiger partial charge in [-0.25, -0.2) is 0 Å². The third kappa shape index (κ3) is 3.23. The molecule has 2 heterocycles. The number of nitrogens with zero attached hydrogens (tertiary/aromatic N) is 2. The predicted octanol–water partition coefficient (Wildman–Crippen LogP) is 1.83. The minimum absolute atomic E-state index is 0.0537. The van der Waals surface area contributed by atoms with E-state index in [9.17, 15) is 9.59 Å². The van der Waals surface area contributed by atoms with E-state index >= 15 is 0 Å². The van der Waals surface area contributed by atoms with E-state index in [4.69, 9.17) is 9.47 Å². The maximum Gasteiger partial charge on any atom is 0.265 e. The molecule has 1 saturated carbocycles. The number of hydrogen-bond donors (Lipinski definition) is 0. The van der Waals surface area contributed by atoms with Gasteiger partial charge in [0.2, 0.25) is 5.91 Å². The van der Waals surface area contributed by atoms with Gasteiger partial charge in [-0.05, 0) is 25.0 Å². The summed E-state index contributed by atoms with van der Waals surface area (Å²) in [6.07, 6.45) is 3.47. The van der Waals surface area contributed by atoms with E-state index in [2.05, 4.69) is 0 Å². The Kier molecular flexibility index (Phi) is 4.61. The minimum atomic E-state index is -0.640. The fraction of sp³-hybridized carbons (Fsp3) is 0.579. The molecule has 6 heteroatoms. The van der Waals surface area contributed by atoms with E-state index in [-0.39, 0.29) is 17.7 Å². The van der Waals surface area contributed by atoms with E-state index in [1.165, 1.54) is 0 Å². The van der Waals surface area contributed by atoms with Crippen LogP contribution in [-0.4, -0.2) is 55.7 Å². The number of amides is 2. The monoisotopic (exact) mass is 344 g/mol. The van der Waals surface area contributed by atoms with Gasteiger partial charge in [0.25, 0.3) is 5.91 Å². The number of carbonyl (C=O) groups excluding carboxylic acids is 2. The number of ether oxygens (including phenoxy) is 2. The van der Waals surface area contributed by atoms with Crippen molar-refractivity contribution in [3.8, 4) is 5.75 Å². The lowest BCUT2D eigenvalue weighted by Gasteiger charge is -2.38. The summed E-state index contributed by atoms with van der Waals surface area (Å²) in [6.45, 7) is 2.57. The highest BCUT2D eigenvalue weighted by Crippen LogP contribution is 2.36. The van der Waals surface area contributed by atoms with Gasteiger partial charge in [0.05, 0.1) is 25.4 Å². The Balaban J connectivity index is 1.57. The quantitative estimate of drug-likeness (QED) is 0.821. The SMILES string of the molecule is O=C([C@@H]1CN(C(=O)C2CCCC2)c2ccccc2O1)N1CCOCC1. The summed E-state index contributed by atoms with van der Waals surface area (Å²) in [5, 5.41) is 0. The smallest absolute Gasteiger partial charge is 0.265 e. The zero-order valence-corrected chi connectivity index (χ0v) is 14.4. The van der Waals surface area contributed by atoms with E-state index in [1.54, 1.807) is 9.80 Å². The second kappa shape index (κ2) is 7.04. The van der Waals surface area contributed by atoms with Crippen LogP contribution in [0.25, 0.3) is 0 Å². The molecule has 2 fully saturated rings. The summed E-state index contributed by atoms with van der Waals surface area (Å²) in [4.78, 5) is 29.4. The van der Waals surface area contributed by atoms with E-state index in [1.807, 2.05) is 24.3 Å². The van der Waals surface area contributed by atoms with Crippen LogP contribution in [0.3, 0.4) is 0 Å². The van der Waals surface area contributed by atoms with Gasteiger partial charge in [-0.2, -0.15) is 0 Å². The van der Waals surface area contributed by atoms with Crippen molar-refractivity contribution in [1.82, 2.24) is 4.90 Å². The Labute approximate surface area is 147 Å². The van der Waals surface area contributed by atoms with Gasteiger partial charge in [0, 0.05) is 19.0 Å². The number of hydrogen-bond acceptors (Lipinski definition) is 4. The van der Waals surface area contributed by atoms with Gasteiger partial charge in [0.1, 0.15) is 5.75 Å². The molecule has 0 unspecified atom stereocenters. The Morgan fingerprint density at radius 1 is 1.00 bits per heavy atom. The maximum atomic E-state index is 13.0. The first-order valence-electron chi connectivity index (χ1n) is 9.17. The standard InChI is InChI=1S/C19H24N2O4/c22-18(14-5-1-2-6-14)21-13-17(19(23)20-9-11-24-12-10-20)25-16-8-4-3-7-15(16)21/h3-4,7-8,14,17H,1-2,5-6,9-13H2/t17-/m0/s1. The van der Waals surface area contributed by atoms with Crippen LogP contribution in [0.4, 0.5) is 5.69 Å². The lowest BCUT2D eigenvalue weighted by Crippen LogP contribution is -2.54. The fourth-order valence-electron chi connectivity index (χ4n) is 3.95. The zero-order chi connectivity index (χ0) is 17.2. The summed E-state index contributed by atoms with van der Waals surface area (Å²) >= 11 is 0. The zero-order valence-electron chi connectivity index (χ0n) is 14.4. The summed E-state index contributed by atoms with van der Waals surface area (Å²) in [7, 11) is 0. The third-order valence-electron chi connectivity index (χ3n) is 5.34. The second-order valence-electron chi connectivity index (χ2n) is 6.94. The van der Waals surface area contributed by atoms with Gasteiger partial charge >= 0.3 is 0 Å². The summed E-state index contributed by atoms with van der Waals surface area (Å²) in [6, 6.07) is 7.51. The Hall–Kier alpha value is -2.08. The molecule has 0 radical (unpaired) electrons. The van der Waals surface area contributed by atoms with E-state index < -0.39 is 6.10 Å². The van der Waals surface area contributed by atoms with Crippen molar-refractivity contribution in [2.24, 2.45) is 5.92 Å². The van der Waals surface area contributed by atoms with Crippen molar-refractivity contribution in [2.45, 2.75) is 31.8 Å². The average molecular weight is 344 g/mol. The molecule has 1 aromatic rings. The first-order valence-corrected chi connectivity index (χ1v) is 9.17. The van der Waals surface area contributed by atoms with Gasteiger partial charge in [-0.3, -0.25) is 9.59 Å². The minimum Gasteiger partial charge on any atom is -0.476 e. The molecule has 2 amide bonds. The van der Waals surface area contributed by atoms with Crippen LogP contribution < -0.4 is 9.64 Å². The van der Waals surface area contributed by atoms with Crippen LogP contribution in [0.15, 0.2) is 24.3 Å². The van der Waals surface area contributed by atoms with Crippen LogP contribution in [0.1, 0.15) is 25.7 Å². The van der Waals surface area contributed by atoms with Crippen molar-refractivity contribution in [3.63, 3.8) is 0 Å². The molecule has 1 atom stereocenters. The normalized spacial score (nSPS) is 23.9. The van der Waals surface area contributed by atoms with Crippen molar-refractivity contribution < 1.29 is 19.1 Å². The largest absolute Gasteiger partial charge is 0.476 e. The predicted molar refractivity (Wildman–Crippen MR) is 92.6 cm³/mol. The first-order chi connectivity index (χ1) is 12.2. The lowest BCUT2D eigenvalue weighted by molar-refractivity contribution is -0.143. The highest BCUT2D eigenvalue weighted by atomic mass is 16.5. The molecule has 0 N–H and O–H groups in total. The summed E-state index contributed by atoms with van der Waals surface area (Å²) < 4.78 is 11.3. The van der Waals surface area contributed by atoms with Crippen LogP contribution in [0.5, 0.6) is 5.75 Å². The van der Waals surface area contributed by atoms with Gasteiger partial charge in [0.15, 0.2) is 6.10 Å². The van der Waals surface area contributed by atoms with Crippen molar-refractivity contribution in [3.05, 3.63) is 24.3 Å². The fourth-order valence-corrected chi connectivity index (χ4v) is 3.95. The molecule has 4 rings (SSSR count). The number of rotatable bonds is 2. The van der Waals surface area contributed by atoms with Gasteiger partial charge in [-0.1, -0.05) is 25.0 Å². The highest BCUT2D eigenvalue weighted by molar-refractivity contribution is 5.98. The molecule has 0 aromatic heterocycles. The van der Waals surface area contributed by atoms with Crippen molar-refractivity contribution in [1.29, 1.82) is 0 Å². The van der Waals surface area contributed by atoms with Crippen LogP contribution in [0.2, 0.25) is 0 Å². The molecular formula is C19H24N2O4. The molecule has 134 valence electrons. The van der Waals surface area contributed by atoms with E-state index in [0.717, 1.165) is 31.4 Å². The number of carbonyl (C=O) groups is 2. The number of fused-ring (bicyclic) bond motifs is 1. The van der Waals surface area contributed by atoms with Crippen LogP contribution in [-0.2, 0) is 14.3 Å². The summed E-state index contributed by atoms with van der Waals surface area (Å²) in [5.41, 5.74) is 0.783. The molecule has 1 aliphatic carbocycles. The molecule has 1 saturated heterocycles. The number of anilines is 1. The molecule has 2 aliphatic heterocycles. The maximum absolute atomic E-state index is 13.0. The number of benzene rings is 1. The third-order valence-corrected chi connectivity index (χ3v) is 5.34. The van der Waals surface area contributed by atoms with Crippen LogP contribution in [0, 0.1) is 5.92 Å². The van der Waals surface area contributed by atoms with Crippen LogP contribution >= 0.6 is 0 Å². The molecule has 25 heavy (non-hydrogen) atoms. The first kappa shape index (κ1) is 16.4. The van der Waals surface area contributed by atoms with Gasteiger partial charge in [-0.15, -0.1) is 0 Å². The van der Waals surface area contributed by atoms with E-state index in [0.29, 0.717) is 38.6 Å². The number of morpholine rings is 1. The second-order valence-corrected chi connectivity index (χ2v) is 6.94. The molecule has 6 nitrogen and oxygen atoms in total. The topological polar surface area (TPSA) is 59.1 Å². The average Bonchev–Trinajstić information content (AvgIpc) is 3.21. The molecule has 1 aromatic carbocycles. The molecule has 3 aliphatic rings. The molecule has 0 bridgehead atoms. The Morgan fingerprint density at radius 3 is 2.48 bits per heavy atom. The summed E-state index contributed by atoms with van der Waals surface area (Å²) in [5.74, 6) is 0.770. The van der Waals surface area contributed by atoms with Gasteiger partial charge < -0.3 is 19.3 Å². The number of para-hydroxylation sites is 2. The lowest BCUT2D eigenvalue weighted by atomic mass is 10.0. The Morgan fingerprint density at radius 2 is 1.72 bits per heavy atom. The Bertz CT molecular complexity index is 651.